The summed E-state index contributed by atoms with van der Waals surface area (Å²) in [7, 11) is 0. The van der Waals surface area contributed by atoms with Gasteiger partial charge in [-0.05, 0) is 25.7 Å². The average Bonchev–Trinajstić information content (AvgIpc) is 2.26. The van der Waals surface area contributed by atoms with Gasteiger partial charge in [-0.15, -0.1) is 0 Å². The molecule has 0 amide bonds. The smallest absolute Gasteiger partial charge is 0.273 e. The van der Waals surface area contributed by atoms with Crippen molar-refractivity contribution in [3.05, 3.63) is 21.7 Å². The molecule has 4 nitrogen and oxygen atoms in total. The first kappa shape index (κ1) is 10.5. The van der Waals surface area contributed by atoms with Gasteiger partial charge < -0.3 is 9.72 Å². The summed E-state index contributed by atoms with van der Waals surface area (Å²) < 4.78 is 5.60. The number of nitrogens with zero attached hydrogens (tertiary/aromatic N) is 1. The Morgan fingerprint density at radius 1 is 1.40 bits per heavy atom. The average molecular weight is 229 g/mol. The van der Waals surface area contributed by atoms with Gasteiger partial charge in [0.2, 0.25) is 5.88 Å². The Morgan fingerprint density at radius 2 is 2.13 bits per heavy atom. The van der Waals surface area contributed by atoms with Gasteiger partial charge >= 0.3 is 0 Å². The van der Waals surface area contributed by atoms with Gasteiger partial charge in [-0.2, -0.15) is 0 Å². The molecular formula is C10H13ClN2O2. The summed E-state index contributed by atoms with van der Waals surface area (Å²) in [5.74, 6) is 0.257. The molecule has 1 saturated carbocycles. The molecule has 82 valence electrons. The normalized spacial score (nSPS) is 17.7. The van der Waals surface area contributed by atoms with Gasteiger partial charge in [0.25, 0.3) is 5.56 Å². The Kier molecular flexibility index (Phi) is 3.26. The third-order valence-corrected chi connectivity index (χ3v) is 2.93. The minimum Gasteiger partial charge on any atom is -0.473 e. The molecule has 0 aliphatic heterocycles. The van der Waals surface area contributed by atoms with E-state index in [9.17, 15) is 4.79 Å². The SMILES string of the molecule is O=c1[nH]cnc(OC2CCCCC2)c1Cl. The van der Waals surface area contributed by atoms with Crippen molar-refractivity contribution < 1.29 is 4.74 Å². The van der Waals surface area contributed by atoms with E-state index in [4.69, 9.17) is 16.3 Å². The van der Waals surface area contributed by atoms with E-state index in [1.54, 1.807) is 0 Å². The highest BCUT2D eigenvalue weighted by atomic mass is 35.5. The molecule has 1 aromatic rings. The van der Waals surface area contributed by atoms with Gasteiger partial charge in [0, 0.05) is 0 Å². The highest BCUT2D eigenvalue weighted by molar-refractivity contribution is 6.31. The molecule has 1 aromatic heterocycles. The van der Waals surface area contributed by atoms with Gasteiger partial charge in [-0.1, -0.05) is 18.0 Å². The predicted molar refractivity (Wildman–Crippen MR) is 57.4 cm³/mol. The monoisotopic (exact) mass is 228 g/mol. The molecule has 1 N–H and O–H groups in total. The van der Waals surface area contributed by atoms with Crippen molar-refractivity contribution in [1.29, 1.82) is 0 Å². The van der Waals surface area contributed by atoms with Crippen LogP contribution in [-0.2, 0) is 0 Å². The van der Waals surface area contributed by atoms with Crippen molar-refractivity contribution in [3.63, 3.8) is 0 Å². The summed E-state index contributed by atoms with van der Waals surface area (Å²) in [6.07, 6.45) is 7.11. The zero-order valence-electron chi connectivity index (χ0n) is 8.33. The van der Waals surface area contributed by atoms with Crippen molar-refractivity contribution in [1.82, 2.24) is 9.97 Å². The van der Waals surface area contributed by atoms with E-state index >= 15 is 0 Å². The summed E-state index contributed by atoms with van der Waals surface area (Å²) in [4.78, 5) is 17.5. The van der Waals surface area contributed by atoms with Gasteiger partial charge in [0.1, 0.15) is 6.10 Å². The van der Waals surface area contributed by atoms with Gasteiger partial charge in [-0.25, -0.2) is 4.98 Å². The molecule has 1 aliphatic rings. The number of H-pyrrole nitrogens is 1. The molecule has 1 fully saturated rings. The standard InChI is InChI=1S/C10H13ClN2O2/c11-8-9(14)12-6-13-10(8)15-7-4-2-1-3-5-7/h6-7H,1-5H2,(H,12,13,14). The molecule has 0 spiro atoms. The van der Waals surface area contributed by atoms with E-state index in [0.717, 1.165) is 12.8 Å². The highest BCUT2D eigenvalue weighted by Gasteiger charge is 2.17. The van der Waals surface area contributed by atoms with Gasteiger partial charge in [0.05, 0.1) is 6.33 Å². The number of rotatable bonds is 2. The van der Waals surface area contributed by atoms with E-state index in [2.05, 4.69) is 9.97 Å². The number of aromatic amines is 1. The predicted octanol–water partition coefficient (Wildman–Crippen LogP) is 2.13. The fourth-order valence-corrected chi connectivity index (χ4v) is 1.94. The zero-order valence-corrected chi connectivity index (χ0v) is 9.09. The summed E-state index contributed by atoms with van der Waals surface area (Å²) in [5, 5.41) is 0.0445. The van der Waals surface area contributed by atoms with Crippen LogP contribution in [0.25, 0.3) is 0 Å². The first-order valence-corrected chi connectivity index (χ1v) is 5.55. The molecule has 15 heavy (non-hydrogen) atoms. The number of hydrogen-bond acceptors (Lipinski definition) is 3. The van der Waals surface area contributed by atoms with Crippen molar-refractivity contribution in [2.45, 2.75) is 38.2 Å². The number of nitrogens with one attached hydrogen (secondary N) is 1. The molecule has 0 aromatic carbocycles. The summed E-state index contributed by atoms with van der Waals surface area (Å²) in [6.45, 7) is 0. The molecule has 5 heteroatoms. The van der Waals surface area contributed by atoms with Crippen molar-refractivity contribution >= 4 is 11.6 Å². The zero-order chi connectivity index (χ0) is 10.7. The lowest BCUT2D eigenvalue weighted by atomic mass is 9.98. The Balaban J connectivity index is 2.09. The fourth-order valence-electron chi connectivity index (χ4n) is 1.79. The number of halogens is 1. The summed E-state index contributed by atoms with van der Waals surface area (Å²) in [5.41, 5.74) is -0.350. The lowest BCUT2D eigenvalue weighted by Gasteiger charge is -2.22. The lowest BCUT2D eigenvalue weighted by Crippen LogP contribution is -2.21. The minimum absolute atomic E-state index is 0.0445. The summed E-state index contributed by atoms with van der Waals surface area (Å²) in [6, 6.07) is 0. The topological polar surface area (TPSA) is 55.0 Å². The van der Waals surface area contributed by atoms with Crippen LogP contribution in [0.3, 0.4) is 0 Å². The second kappa shape index (κ2) is 4.66. The Labute approximate surface area is 92.6 Å². The quantitative estimate of drug-likeness (QED) is 0.844. The van der Waals surface area contributed by atoms with Crippen LogP contribution in [0.4, 0.5) is 0 Å². The molecule has 0 radical (unpaired) electrons. The lowest BCUT2D eigenvalue weighted by molar-refractivity contribution is 0.148. The molecule has 0 saturated heterocycles. The van der Waals surface area contributed by atoms with Crippen LogP contribution in [0.1, 0.15) is 32.1 Å². The maximum Gasteiger partial charge on any atom is 0.273 e. The molecular weight excluding hydrogens is 216 g/mol. The van der Waals surface area contributed by atoms with E-state index < -0.39 is 0 Å². The van der Waals surface area contributed by atoms with Crippen LogP contribution in [0.15, 0.2) is 11.1 Å². The number of aromatic nitrogens is 2. The largest absolute Gasteiger partial charge is 0.473 e. The van der Waals surface area contributed by atoms with E-state index in [-0.39, 0.29) is 22.6 Å². The molecule has 1 aliphatic carbocycles. The van der Waals surface area contributed by atoms with Crippen LogP contribution in [-0.4, -0.2) is 16.1 Å². The van der Waals surface area contributed by atoms with Crippen LogP contribution in [0.2, 0.25) is 5.02 Å². The third-order valence-electron chi connectivity index (χ3n) is 2.60. The Bertz CT molecular complexity index is 385. The maximum atomic E-state index is 11.2. The van der Waals surface area contributed by atoms with Gasteiger partial charge in [-0.3, -0.25) is 4.79 Å². The molecule has 0 atom stereocenters. The fraction of sp³-hybridized carbons (Fsp3) is 0.600. The van der Waals surface area contributed by atoms with E-state index in [1.165, 1.54) is 25.6 Å². The first-order chi connectivity index (χ1) is 7.27. The maximum absolute atomic E-state index is 11.2. The van der Waals surface area contributed by atoms with Crippen molar-refractivity contribution in [2.24, 2.45) is 0 Å². The molecule has 2 rings (SSSR count). The Hall–Kier alpha value is -1.03. The van der Waals surface area contributed by atoms with E-state index in [0.29, 0.717) is 0 Å². The second-order valence-electron chi connectivity index (χ2n) is 3.73. The molecule has 1 heterocycles. The molecule has 0 bridgehead atoms. The van der Waals surface area contributed by atoms with Crippen LogP contribution >= 0.6 is 11.6 Å². The number of hydrogen-bond donors (Lipinski definition) is 1. The van der Waals surface area contributed by atoms with Crippen molar-refractivity contribution in [3.8, 4) is 5.88 Å². The van der Waals surface area contributed by atoms with E-state index in [1.807, 2.05) is 0 Å². The first-order valence-electron chi connectivity index (χ1n) is 5.17. The van der Waals surface area contributed by atoms with Crippen LogP contribution < -0.4 is 10.3 Å². The van der Waals surface area contributed by atoms with Crippen LogP contribution in [0, 0.1) is 0 Å². The summed E-state index contributed by atoms with van der Waals surface area (Å²) >= 11 is 5.78. The minimum atomic E-state index is -0.350. The van der Waals surface area contributed by atoms with Crippen molar-refractivity contribution in [2.75, 3.05) is 0 Å². The van der Waals surface area contributed by atoms with Gasteiger partial charge in [0.15, 0.2) is 5.02 Å². The highest BCUT2D eigenvalue weighted by Crippen LogP contribution is 2.24. The van der Waals surface area contributed by atoms with Crippen LogP contribution in [0.5, 0.6) is 5.88 Å². The Morgan fingerprint density at radius 3 is 2.87 bits per heavy atom. The second-order valence-corrected chi connectivity index (χ2v) is 4.11. The molecule has 0 unspecified atom stereocenters. The number of ether oxygens (including phenoxy) is 1. The third kappa shape index (κ3) is 2.50.